The topological polar surface area (TPSA) is 28.4 Å². The fourth-order valence-electron chi connectivity index (χ4n) is 2.41. The van der Waals surface area contributed by atoms with Crippen molar-refractivity contribution in [2.75, 3.05) is 24.5 Å². The first-order valence-electron chi connectivity index (χ1n) is 5.90. The van der Waals surface area contributed by atoms with Gasteiger partial charge in [0.05, 0.1) is 6.26 Å². The highest BCUT2D eigenvalue weighted by Crippen LogP contribution is 2.27. The number of nitrogens with one attached hydrogen (secondary N) is 1. The Labute approximate surface area is 99.2 Å². The van der Waals surface area contributed by atoms with Gasteiger partial charge < -0.3 is 14.6 Å². The van der Waals surface area contributed by atoms with Crippen molar-refractivity contribution in [3.05, 3.63) is 30.3 Å². The van der Waals surface area contributed by atoms with Crippen LogP contribution in [0.1, 0.15) is 6.92 Å². The van der Waals surface area contributed by atoms with Crippen LogP contribution in [0, 0.1) is 5.82 Å². The predicted molar refractivity (Wildman–Crippen MR) is 65.8 cm³/mol. The summed E-state index contributed by atoms with van der Waals surface area (Å²) in [5, 5.41) is 4.15. The summed E-state index contributed by atoms with van der Waals surface area (Å²) in [7, 11) is 0. The van der Waals surface area contributed by atoms with Crippen LogP contribution < -0.4 is 10.2 Å². The number of benzene rings is 1. The van der Waals surface area contributed by atoms with E-state index in [4.69, 9.17) is 4.42 Å². The molecule has 1 aromatic heterocycles. The zero-order valence-corrected chi connectivity index (χ0v) is 9.74. The molecular weight excluding hydrogens is 219 g/mol. The number of furan rings is 1. The minimum absolute atomic E-state index is 0.284. The summed E-state index contributed by atoms with van der Waals surface area (Å²) in [6.45, 7) is 4.92. The van der Waals surface area contributed by atoms with Crippen LogP contribution in [-0.2, 0) is 0 Å². The smallest absolute Gasteiger partial charge is 0.169 e. The monoisotopic (exact) mass is 234 g/mol. The van der Waals surface area contributed by atoms with Gasteiger partial charge >= 0.3 is 0 Å². The minimum atomic E-state index is -0.284. The molecule has 2 heterocycles. The maximum Gasteiger partial charge on any atom is 0.169 e. The van der Waals surface area contributed by atoms with Gasteiger partial charge in [-0.05, 0) is 19.1 Å². The Morgan fingerprint density at radius 1 is 1.47 bits per heavy atom. The predicted octanol–water partition coefficient (Wildman–Crippen LogP) is 2.37. The number of hydrogen-bond donors (Lipinski definition) is 1. The van der Waals surface area contributed by atoms with Gasteiger partial charge in [0.25, 0.3) is 0 Å². The Morgan fingerprint density at radius 2 is 2.35 bits per heavy atom. The molecule has 0 saturated carbocycles. The standard InChI is InChI=1S/C13H15FN2O/c1-9-8-15-3-4-16(9)11-6-10-2-5-17-13(10)12(14)7-11/h2,5-7,9,15H,3-4,8H2,1H3/t9-/m1/s1. The Kier molecular flexibility index (Phi) is 2.52. The second-order valence-electron chi connectivity index (χ2n) is 4.51. The van der Waals surface area contributed by atoms with Crippen molar-refractivity contribution in [3.63, 3.8) is 0 Å². The van der Waals surface area contributed by atoms with Gasteiger partial charge in [0, 0.05) is 42.8 Å². The molecule has 0 spiro atoms. The molecule has 1 aromatic carbocycles. The van der Waals surface area contributed by atoms with Crippen LogP contribution in [0.3, 0.4) is 0 Å². The van der Waals surface area contributed by atoms with Gasteiger partial charge in [-0.2, -0.15) is 0 Å². The third-order valence-electron chi connectivity index (χ3n) is 3.32. The summed E-state index contributed by atoms with van der Waals surface area (Å²) in [6, 6.07) is 5.74. The molecule has 17 heavy (non-hydrogen) atoms. The molecule has 1 saturated heterocycles. The van der Waals surface area contributed by atoms with Crippen molar-refractivity contribution in [2.24, 2.45) is 0 Å². The zero-order valence-electron chi connectivity index (χ0n) is 9.74. The molecule has 0 unspecified atom stereocenters. The van der Waals surface area contributed by atoms with Gasteiger partial charge in [-0.1, -0.05) is 0 Å². The Morgan fingerprint density at radius 3 is 3.18 bits per heavy atom. The van der Waals surface area contributed by atoms with E-state index in [1.165, 1.54) is 6.26 Å². The van der Waals surface area contributed by atoms with Gasteiger partial charge in [-0.15, -0.1) is 0 Å². The van der Waals surface area contributed by atoms with E-state index in [0.717, 1.165) is 30.7 Å². The van der Waals surface area contributed by atoms with E-state index in [2.05, 4.69) is 17.1 Å². The Bertz CT molecular complexity index is 537. The molecule has 90 valence electrons. The Hall–Kier alpha value is -1.55. The fourth-order valence-corrected chi connectivity index (χ4v) is 2.41. The van der Waals surface area contributed by atoms with Crippen LogP contribution in [0.4, 0.5) is 10.1 Å². The summed E-state index contributed by atoms with van der Waals surface area (Å²) in [4.78, 5) is 2.23. The SMILES string of the molecule is C[C@@H]1CNCCN1c1cc(F)c2occc2c1. The first-order valence-corrected chi connectivity index (χ1v) is 5.90. The van der Waals surface area contributed by atoms with Crippen LogP contribution in [0.2, 0.25) is 0 Å². The first kappa shape index (κ1) is 10.6. The van der Waals surface area contributed by atoms with Crippen molar-refractivity contribution in [1.29, 1.82) is 0 Å². The lowest BCUT2D eigenvalue weighted by Gasteiger charge is -2.35. The molecule has 0 amide bonds. The molecule has 0 radical (unpaired) electrons. The lowest BCUT2D eigenvalue weighted by atomic mass is 10.1. The Balaban J connectivity index is 2.04. The number of halogens is 1. The van der Waals surface area contributed by atoms with Gasteiger partial charge in [0.1, 0.15) is 0 Å². The first-order chi connectivity index (χ1) is 8.25. The highest BCUT2D eigenvalue weighted by Gasteiger charge is 2.19. The zero-order chi connectivity index (χ0) is 11.8. The van der Waals surface area contributed by atoms with Gasteiger partial charge in [0.2, 0.25) is 0 Å². The quantitative estimate of drug-likeness (QED) is 0.821. The molecule has 1 fully saturated rings. The number of anilines is 1. The number of hydrogen-bond acceptors (Lipinski definition) is 3. The van der Waals surface area contributed by atoms with E-state index in [0.29, 0.717) is 11.6 Å². The van der Waals surface area contributed by atoms with Crippen molar-refractivity contribution in [3.8, 4) is 0 Å². The average molecular weight is 234 g/mol. The molecule has 1 N–H and O–H groups in total. The van der Waals surface area contributed by atoms with Crippen LogP contribution in [0.25, 0.3) is 11.0 Å². The summed E-state index contributed by atoms with van der Waals surface area (Å²) >= 11 is 0. The highest BCUT2D eigenvalue weighted by atomic mass is 19.1. The van der Waals surface area contributed by atoms with Crippen LogP contribution in [0.15, 0.2) is 28.9 Å². The molecular formula is C13H15FN2O. The lowest BCUT2D eigenvalue weighted by Crippen LogP contribution is -2.49. The van der Waals surface area contributed by atoms with E-state index in [9.17, 15) is 4.39 Å². The average Bonchev–Trinajstić information content (AvgIpc) is 2.78. The molecule has 3 rings (SSSR count). The van der Waals surface area contributed by atoms with Crippen LogP contribution in [-0.4, -0.2) is 25.7 Å². The van der Waals surface area contributed by atoms with E-state index in [1.807, 2.05) is 6.07 Å². The molecule has 2 aromatic rings. The van der Waals surface area contributed by atoms with Crippen LogP contribution >= 0.6 is 0 Å². The maximum atomic E-state index is 13.8. The summed E-state index contributed by atoms with van der Waals surface area (Å²) < 4.78 is 18.9. The highest BCUT2D eigenvalue weighted by molar-refractivity contribution is 5.82. The van der Waals surface area contributed by atoms with Gasteiger partial charge in [0.15, 0.2) is 11.4 Å². The number of nitrogens with zero attached hydrogens (tertiary/aromatic N) is 1. The molecule has 4 heteroatoms. The third kappa shape index (κ3) is 1.78. The number of fused-ring (bicyclic) bond motifs is 1. The van der Waals surface area contributed by atoms with Gasteiger partial charge in [-0.3, -0.25) is 0 Å². The maximum absolute atomic E-state index is 13.8. The molecule has 0 aliphatic carbocycles. The lowest BCUT2D eigenvalue weighted by molar-refractivity contribution is 0.499. The van der Waals surface area contributed by atoms with E-state index in [1.54, 1.807) is 12.1 Å². The summed E-state index contributed by atoms with van der Waals surface area (Å²) in [5.74, 6) is -0.284. The number of rotatable bonds is 1. The molecule has 1 aliphatic rings. The second kappa shape index (κ2) is 4.04. The van der Waals surface area contributed by atoms with E-state index in [-0.39, 0.29) is 5.82 Å². The normalized spacial score (nSPS) is 21.1. The molecule has 0 bridgehead atoms. The molecule has 3 nitrogen and oxygen atoms in total. The molecule has 1 atom stereocenters. The fraction of sp³-hybridized carbons (Fsp3) is 0.385. The summed E-state index contributed by atoms with van der Waals surface area (Å²) in [5.41, 5.74) is 1.28. The minimum Gasteiger partial charge on any atom is -0.461 e. The van der Waals surface area contributed by atoms with Crippen molar-refractivity contribution >= 4 is 16.7 Å². The van der Waals surface area contributed by atoms with E-state index < -0.39 is 0 Å². The van der Waals surface area contributed by atoms with Crippen LogP contribution in [0.5, 0.6) is 0 Å². The second-order valence-corrected chi connectivity index (χ2v) is 4.51. The third-order valence-corrected chi connectivity index (χ3v) is 3.32. The van der Waals surface area contributed by atoms with Crippen molar-refractivity contribution in [1.82, 2.24) is 5.32 Å². The van der Waals surface area contributed by atoms with Crippen molar-refractivity contribution < 1.29 is 8.81 Å². The van der Waals surface area contributed by atoms with Gasteiger partial charge in [-0.25, -0.2) is 4.39 Å². The molecule has 1 aliphatic heterocycles. The van der Waals surface area contributed by atoms with Crippen molar-refractivity contribution in [2.45, 2.75) is 13.0 Å². The summed E-state index contributed by atoms with van der Waals surface area (Å²) in [6.07, 6.45) is 1.53. The number of piperazine rings is 1. The van der Waals surface area contributed by atoms with E-state index >= 15 is 0 Å². The largest absolute Gasteiger partial charge is 0.461 e.